The summed E-state index contributed by atoms with van der Waals surface area (Å²) in [7, 11) is 0. The molecule has 1 amide bonds. The Morgan fingerprint density at radius 3 is 2.41 bits per heavy atom. The smallest absolute Gasteiger partial charge is 0.339 e. The number of fused-ring (bicyclic) bond motifs is 2. The summed E-state index contributed by atoms with van der Waals surface area (Å²) in [5.41, 5.74) is 5.72. The van der Waals surface area contributed by atoms with Crippen LogP contribution in [-0.4, -0.2) is 29.5 Å². The second-order valence-electron chi connectivity index (χ2n) is 9.32. The summed E-state index contributed by atoms with van der Waals surface area (Å²) in [4.78, 5) is 33.2. The van der Waals surface area contributed by atoms with Gasteiger partial charge in [-0.1, -0.05) is 60.1 Å². The quantitative estimate of drug-likeness (QED) is 0.263. The topological polar surface area (TPSA) is 59.5 Å². The van der Waals surface area contributed by atoms with Crippen molar-refractivity contribution in [3.05, 3.63) is 106 Å². The molecular formula is C31H27ClN2O3. The fraction of sp³-hybridized carbons (Fsp3) is 0.194. The predicted molar refractivity (Wildman–Crippen MR) is 149 cm³/mol. The fourth-order valence-electron chi connectivity index (χ4n) is 4.86. The third-order valence-corrected chi connectivity index (χ3v) is 6.75. The maximum absolute atomic E-state index is 13.5. The zero-order valence-corrected chi connectivity index (χ0v) is 21.5. The van der Waals surface area contributed by atoms with Crippen LogP contribution in [0.15, 0.2) is 78.9 Å². The van der Waals surface area contributed by atoms with Crippen LogP contribution in [0.1, 0.15) is 47.4 Å². The van der Waals surface area contributed by atoms with E-state index in [9.17, 15) is 9.59 Å². The Hall–Kier alpha value is -3.96. The Morgan fingerprint density at radius 1 is 0.973 bits per heavy atom. The molecule has 0 atom stereocenters. The van der Waals surface area contributed by atoms with E-state index in [1.165, 1.54) is 0 Å². The SMILES string of the molecule is CC(C)N(C(=O)COC(=O)c1c2c(nc3ccccc13)/C(=C\c1ccc(Cl)cc1)CC2)c1ccccc1. The monoisotopic (exact) mass is 510 g/mol. The third kappa shape index (κ3) is 5.13. The number of aromatic nitrogens is 1. The molecule has 1 heterocycles. The summed E-state index contributed by atoms with van der Waals surface area (Å²) in [6.45, 7) is 3.53. The largest absolute Gasteiger partial charge is 0.452 e. The zero-order valence-electron chi connectivity index (χ0n) is 20.8. The molecule has 0 bridgehead atoms. The van der Waals surface area contributed by atoms with Crippen molar-refractivity contribution < 1.29 is 14.3 Å². The first-order valence-electron chi connectivity index (χ1n) is 12.3. The van der Waals surface area contributed by atoms with Gasteiger partial charge in [-0.05, 0) is 79.8 Å². The van der Waals surface area contributed by atoms with Crippen molar-refractivity contribution in [1.82, 2.24) is 4.98 Å². The first-order chi connectivity index (χ1) is 17.9. The highest BCUT2D eigenvalue weighted by Crippen LogP contribution is 2.38. The molecule has 0 saturated heterocycles. The highest BCUT2D eigenvalue weighted by Gasteiger charge is 2.28. The number of amides is 1. The number of pyridine rings is 1. The van der Waals surface area contributed by atoms with Crippen molar-refractivity contribution in [1.29, 1.82) is 0 Å². The molecule has 4 aromatic rings. The van der Waals surface area contributed by atoms with Crippen molar-refractivity contribution in [2.45, 2.75) is 32.7 Å². The maximum Gasteiger partial charge on any atom is 0.339 e. The van der Waals surface area contributed by atoms with Gasteiger partial charge in [0.2, 0.25) is 0 Å². The lowest BCUT2D eigenvalue weighted by molar-refractivity contribution is -0.122. The molecular weight excluding hydrogens is 484 g/mol. The van der Waals surface area contributed by atoms with Gasteiger partial charge < -0.3 is 9.64 Å². The van der Waals surface area contributed by atoms with E-state index in [4.69, 9.17) is 21.3 Å². The van der Waals surface area contributed by atoms with Crippen LogP contribution < -0.4 is 4.90 Å². The lowest BCUT2D eigenvalue weighted by Crippen LogP contribution is -2.40. The number of carbonyl (C=O) groups is 2. The molecule has 6 heteroatoms. The van der Waals surface area contributed by atoms with Crippen LogP contribution >= 0.6 is 11.6 Å². The van der Waals surface area contributed by atoms with Crippen LogP contribution in [-0.2, 0) is 16.0 Å². The van der Waals surface area contributed by atoms with Crippen LogP contribution in [0, 0.1) is 0 Å². The number of hydrogen-bond donors (Lipinski definition) is 0. The van der Waals surface area contributed by atoms with E-state index in [-0.39, 0.29) is 18.6 Å². The number of rotatable bonds is 6. The molecule has 186 valence electrons. The maximum atomic E-state index is 13.5. The van der Waals surface area contributed by atoms with E-state index < -0.39 is 5.97 Å². The van der Waals surface area contributed by atoms with Gasteiger partial charge in [0, 0.05) is 22.1 Å². The standard InChI is InChI=1S/C31H27ClN2O3/c1-20(2)34(24-8-4-3-5-9-24)28(35)19-37-31(36)29-25-10-6-7-11-27(25)33-30-22(14-17-26(29)30)18-21-12-15-23(32)16-13-21/h3-13,15-16,18,20H,14,17,19H2,1-2H3/b22-18-. The van der Waals surface area contributed by atoms with Gasteiger partial charge >= 0.3 is 5.97 Å². The van der Waals surface area contributed by atoms with Crippen molar-refractivity contribution in [3.8, 4) is 0 Å². The van der Waals surface area contributed by atoms with Crippen LogP contribution in [0.25, 0.3) is 22.6 Å². The van der Waals surface area contributed by atoms with Gasteiger partial charge in [0.25, 0.3) is 5.91 Å². The Balaban J connectivity index is 1.46. The van der Waals surface area contributed by atoms with Crippen molar-refractivity contribution >= 4 is 51.7 Å². The van der Waals surface area contributed by atoms with Crippen LogP contribution in [0.3, 0.4) is 0 Å². The van der Waals surface area contributed by atoms with E-state index in [0.717, 1.165) is 45.4 Å². The summed E-state index contributed by atoms with van der Waals surface area (Å²) in [5.74, 6) is -0.777. The van der Waals surface area contributed by atoms with Crippen molar-refractivity contribution in [3.63, 3.8) is 0 Å². The van der Waals surface area contributed by atoms with Gasteiger partial charge in [-0.3, -0.25) is 4.79 Å². The number of carbonyl (C=O) groups excluding carboxylic acids is 2. The summed E-state index contributed by atoms with van der Waals surface area (Å²) in [6.07, 6.45) is 3.52. The second-order valence-corrected chi connectivity index (χ2v) is 9.76. The molecule has 1 aliphatic rings. The average Bonchev–Trinajstić information content (AvgIpc) is 3.29. The Labute approximate surface area is 221 Å². The van der Waals surface area contributed by atoms with Gasteiger partial charge in [-0.15, -0.1) is 0 Å². The van der Waals surface area contributed by atoms with E-state index in [2.05, 4.69) is 6.08 Å². The number of ether oxygens (including phenoxy) is 1. The Morgan fingerprint density at radius 2 is 1.68 bits per heavy atom. The van der Waals surface area contributed by atoms with Gasteiger partial charge in [0.15, 0.2) is 6.61 Å². The molecule has 1 aromatic heterocycles. The molecule has 0 aliphatic heterocycles. The number of anilines is 1. The normalized spacial score (nSPS) is 13.7. The van der Waals surface area contributed by atoms with Gasteiger partial charge in [-0.25, -0.2) is 9.78 Å². The van der Waals surface area contributed by atoms with Gasteiger partial charge in [0.1, 0.15) is 0 Å². The second kappa shape index (κ2) is 10.6. The summed E-state index contributed by atoms with van der Waals surface area (Å²) in [6, 6.07) is 24.5. The minimum Gasteiger partial charge on any atom is -0.452 e. The number of allylic oxidation sites excluding steroid dienone is 1. The van der Waals surface area contributed by atoms with E-state index in [1.807, 2.05) is 92.7 Å². The van der Waals surface area contributed by atoms with Gasteiger partial charge in [-0.2, -0.15) is 0 Å². The molecule has 5 nitrogen and oxygen atoms in total. The molecule has 1 aliphatic carbocycles. The fourth-order valence-corrected chi connectivity index (χ4v) is 4.99. The number of esters is 1. The Bertz CT molecular complexity index is 1490. The van der Waals surface area contributed by atoms with Crippen molar-refractivity contribution in [2.24, 2.45) is 0 Å². The van der Waals surface area contributed by atoms with Crippen LogP contribution in [0.5, 0.6) is 0 Å². The number of halogens is 1. The summed E-state index contributed by atoms with van der Waals surface area (Å²) in [5, 5.41) is 1.41. The number of benzene rings is 3. The minimum absolute atomic E-state index is 0.0832. The van der Waals surface area contributed by atoms with E-state index >= 15 is 0 Å². The first kappa shape index (κ1) is 24.7. The van der Waals surface area contributed by atoms with E-state index in [1.54, 1.807) is 4.90 Å². The summed E-state index contributed by atoms with van der Waals surface area (Å²) < 4.78 is 5.65. The molecule has 0 N–H and O–H groups in total. The first-order valence-corrected chi connectivity index (χ1v) is 12.7. The summed E-state index contributed by atoms with van der Waals surface area (Å²) >= 11 is 6.04. The predicted octanol–water partition coefficient (Wildman–Crippen LogP) is 6.97. The molecule has 5 rings (SSSR count). The molecule has 37 heavy (non-hydrogen) atoms. The molecule has 3 aromatic carbocycles. The number of hydrogen-bond acceptors (Lipinski definition) is 4. The van der Waals surface area contributed by atoms with Gasteiger partial charge in [0.05, 0.1) is 16.8 Å². The molecule has 0 radical (unpaired) electrons. The molecule has 0 unspecified atom stereocenters. The van der Waals surface area contributed by atoms with Crippen LogP contribution in [0.4, 0.5) is 5.69 Å². The Kier molecular flexibility index (Phi) is 7.06. The number of nitrogens with zero attached hydrogens (tertiary/aromatic N) is 2. The highest BCUT2D eigenvalue weighted by atomic mass is 35.5. The third-order valence-electron chi connectivity index (χ3n) is 6.50. The average molecular weight is 511 g/mol. The zero-order chi connectivity index (χ0) is 25.9. The van der Waals surface area contributed by atoms with Crippen molar-refractivity contribution in [2.75, 3.05) is 11.5 Å². The minimum atomic E-state index is -0.507. The lowest BCUT2D eigenvalue weighted by Gasteiger charge is -2.26. The molecule has 0 fully saturated rings. The lowest BCUT2D eigenvalue weighted by atomic mass is 10.0. The van der Waals surface area contributed by atoms with Crippen LogP contribution in [0.2, 0.25) is 5.02 Å². The highest BCUT2D eigenvalue weighted by molar-refractivity contribution is 6.30. The number of para-hydroxylation sites is 2. The molecule has 0 spiro atoms. The molecule has 0 saturated carbocycles. The van der Waals surface area contributed by atoms with E-state index in [0.29, 0.717) is 17.0 Å².